The largest absolute Gasteiger partial charge is 0.357 e. The summed E-state index contributed by atoms with van der Waals surface area (Å²) in [5.74, 6) is 2.35. The summed E-state index contributed by atoms with van der Waals surface area (Å²) in [7, 11) is 0. The molecule has 1 rings (SSSR count). The molecule has 1 aliphatic heterocycles. The fourth-order valence-electron chi connectivity index (χ4n) is 3.09. The SMILES string of the molecule is CCNC(=NCC(C)CN1CCN(CC)CC1)NCCCC(C)C.I. The third-order valence-corrected chi connectivity index (χ3v) is 4.64. The maximum Gasteiger partial charge on any atom is 0.191 e. The fourth-order valence-corrected chi connectivity index (χ4v) is 3.09. The monoisotopic (exact) mass is 467 g/mol. The van der Waals surface area contributed by atoms with Crippen LogP contribution in [0.5, 0.6) is 0 Å². The van der Waals surface area contributed by atoms with Crippen molar-refractivity contribution < 1.29 is 0 Å². The molecule has 0 aromatic carbocycles. The molecular weight excluding hydrogens is 425 g/mol. The Morgan fingerprint density at radius 2 is 1.64 bits per heavy atom. The molecule has 0 aromatic heterocycles. The van der Waals surface area contributed by atoms with Crippen molar-refractivity contribution in [2.45, 2.75) is 47.5 Å². The molecule has 1 saturated heterocycles. The average Bonchev–Trinajstić information content (AvgIpc) is 2.57. The summed E-state index contributed by atoms with van der Waals surface area (Å²) in [6.07, 6.45) is 2.48. The first-order valence-electron chi connectivity index (χ1n) is 10.0. The smallest absolute Gasteiger partial charge is 0.191 e. The molecule has 0 aromatic rings. The van der Waals surface area contributed by atoms with Gasteiger partial charge in [-0.1, -0.05) is 27.7 Å². The molecule has 0 aliphatic carbocycles. The molecule has 1 unspecified atom stereocenters. The van der Waals surface area contributed by atoms with E-state index in [2.05, 4.69) is 55.1 Å². The van der Waals surface area contributed by atoms with Crippen molar-refractivity contribution in [1.82, 2.24) is 20.4 Å². The minimum Gasteiger partial charge on any atom is -0.357 e. The predicted octanol–water partition coefficient (Wildman–Crippen LogP) is 2.87. The summed E-state index contributed by atoms with van der Waals surface area (Å²) >= 11 is 0. The Morgan fingerprint density at radius 3 is 2.20 bits per heavy atom. The molecule has 6 heteroatoms. The van der Waals surface area contributed by atoms with E-state index in [1.165, 1.54) is 45.6 Å². The van der Waals surface area contributed by atoms with Crippen LogP contribution in [0.15, 0.2) is 4.99 Å². The van der Waals surface area contributed by atoms with Gasteiger partial charge in [-0.25, -0.2) is 0 Å². The Kier molecular flexibility index (Phi) is 15.0. The van der Waals surface area contributed by atoms with Gasteiger partial charge in [-0.2, -0.15) is 0 Å². The summed E-state index contributed by atoms with van der Waals surface area (Å²) in [6, 6.07) is 0. The van der Waals surface area contributed by atoms with Gasteiger partial charge < -0.3 is 20.4 Å². The van der Waals surface area contributed by atoms with Crippen molar-refractivity contribution in [1.29, 1.82) is 0 Å². The second kappa shape index (κ2) is 15.0. The number of nitrogens with zero attached hydrogens (tertiary/aromatic N) is 3. The first-order valence-corrected chi connectivity index (χ1v) is 10.0. The van der Waals surface area contributed by atoms with Crippen molar-refractivity contribution in [2.24, 2.45) is 16.8 Å². The predicted molar refractivity (Wildman–Crippen MR) is 121 cm³/mol. The number of piperazine rings is 1. The number of halogens is 1. The van der Waals surface area contributed by atoms with Crippen molar-refractivity contribution in [3.05, 3.63) is 0 Å². The van der Waals surface area contributed by atoms with Crippen molar-refractivity contribution in [3.8, 4) is 0 Å². The highest BCUT2D eigenvalue weighted by atomic mass is 127. The van der Waals surface area contributed by atoms with Gasteiger partial charge >= 0.3 is 0 Å². The molecule has 0 spiro atoms. The topological polar surface area (TPSA) is 42.9 Å². The van der Waals surface area contributed by atoms with Crippen LogP contribution in [-0.4, -0.2) is 74.7 Å². The Morgan fingerprint density at radius 1 is 1.00 bits per heavy atom. The maximum absolute atomic E-state index is 4.78. The molecule has 2 N–H and O–H groups in total. The van der Waals surface area contributed by atoms with Crippen LogP contribution in [0, 0.1) is 11.8 Å². The van der Waals surface area contributed by atoms with Crippen LogP contribution in [0.3, 0.4) is 0 Å². The lowest BCUT2D eigenvalue weighted by atomic mass is 10.1. The minimum absolute atomic E-state index is 0. The molecule has 0 radical (unpaired) electrons. The highest BCUT2D eigenvalue weighted by Gasteiger charge is 2.17. The summed E-state index contributed by atoms with van der Waals surface area (Å²) in [6.45, 7) is 21.3. The van der Waals surface area contributed by atoms with Crippen molar-refractivity contribution >= 4 is 29.9 Å². The molecule has 1 atom stereocenters. The van der Waals surface area contributed by atoms with Gasteiger partial charge in [0.05, 0.1) is 0 Å². The number of nitrogens with one attached hydrogen (secondary N) is 2. The number of likely N-dealkylation sites (N-methyl/N-ethyl adjacent to an activating group) is 1. The number of guanidine groups is 1. The molecule has 150 valence electrons. The van der Waals surface area contributed by atoms with Gasteiger partial charge in [-0.3, -0.25) is 4.99 Å². The zero-order chi connectivity index (χ0) is 17.8. The standard InChI is InChI=1S/C19H41N5.HI/c1-6-20-19(21-10-8-9-17(3)4)22-15-18(5)16-24-13-11-23(7-2)12-14-24;/h17-18H,6-16H2,1-5H3,(H2,20,21,22);1H. The lowest BCUT2D eigenvalue weighted by Crippen LogP contribution is -2.47. The molecule has 25 heavy (non-hydrogen) atoms. The summed E-state index contributed by atoms with van der Waals surface area (Å²) in [4.78, 5) is 9.91. The number of hydrogen-bond acceptors (Lipinski definition) is 3. The second-order valence-electron chi connectivity index (χ2n) is 7.52. The fraction of sp³-hybridized carbons (Fsp3) is 0.947. The van der Waals surface area contributed by atoms with Crippen LogP contribution in [0.2, 0.25) is 0 Å². The third-order valence-electron chi connectivity index (χ3n) is 4.64. The molecule has 0 bridgehead atoms. The number of aliphatic imine (C=N–C) groups is 1. The van der Waals surface area contributed by atoms with E-state index < -0.39 is 0 Å². The highest BCUT2D eigenvalue weighted by molar-refractivity contribution is 14.0. The zero-order valence-corrected chi connectivity index (χ0v) is 19.5. The van der Waals surface area contributed by atoms with E-state index >= 15 is 0 Å². The van der Waals surface area contributed by atoms with E-state index in [0.29, 0.717) is 5.92 Å². The quantitative estimate of drug-likeness (QED) is 0.225. The van der Waals surface area contributed by atoms with E-state index in [-0.39, 0.29) is 24.0 Å². The molecule has 1 aliphatic rings. The molecule has 0 saturated carbocycles. The van der Waals surface area contributed by atoms with Gasteiger partial charge in [0.2, 0.25) is 0 Å². The molecule has 5 nitrogen and oxygen atoms in total. The molecule has 1 heterocycles. The Balaban J connectivity index is 0.00000576. The lowest BCUT2D eigenvalue weighted by Gasteiger charge is -2.35. The van der Waals surface area contributed by atoms with Crippen LogP contribution in [0.4, 0.5) is 0 Å². The highest BCUT2D eigenvalue weighted by Crippen LogP contribution is 2.06. The molecular formula is C19H42IN5. The van der Waals surface area contributed by atoms with Crippen molar-refractivity contribution in [3.63, 3.8) is 0 Å². The van der Waals surface area contributed by atoms with E-state index in [4.69, 9.17) is 4.99 Å². The van der Waals surface area contributed by atoms with Crippen LogP contribution in [-0.2, 0) is 0 Å². The Hall–Kier alpha value is -0.0800. The number of hydrogen-bond donors (Lipinski definition) is 2. The third kappa shape index (κ3) is 12.0. The lowest BCUT2D eigenvalue weighted by molar-refractivity contribution is 0.125. The number of rotatable bonds is 10. The summed E-state index contributed by atoms with van der Waals surface area (Å²) < 4.78 is 0. The van der Waals surface area contributed by atoms with Crippen LogP contribution in [0.1, 0.15) is 47.5 Å². The normalized spacial score (nSPS) is 18.1. The van der Waals surface area contributed by atoms with Crippen molar-refractivity contribution in [2.75, 3.05) is 58.9 Å². The minimum atomic E-state index is 0. The van der Waals surface area contributed by atoms with E-state index in [0.717, 1.165) is 38.1 Å². The van der Waals surface area contributed by atoms with E-state index in [9.17, 15) is 0 Å². The van der Waals surface area contributed by atoms with Gasteiger partial charge in [0.15, 0.2) is 5.96 Å². The summed E-state index contributed by atoms with van der Waals surface area (Å²) in [5, 5.41) is 6.83. The van der Waals surface area contributed by atoms with Gasteiger partial charge in [0.1, 0.15) is 0 Å². The van der Waals surface area contributed by atoms with Crippen LogP contribution >= 0.6 is 24.0 Å². The van der Waals surface area contributed by atoms with E-state index in [1.54, 1.807) is 0 Å². The van der Waals surface area contributed by atoms with Crippen LogP contribution < -0.4 is 10.6 Å². The zero-order valence-electron chi connectivity index (χ0n) is 17.2. The van der Waals surface area contributed by atoms with E-state index in [1.807, 2.05) is 0 Å². The Bertz CT molecular complexity index is 341. The molecule has 0 amide bonds. The molecule has 1 fully saturated rings. The van der Waals surface area contributed by atoms with Gasteiger partial charge in [-0.05, 0) is 38.1 Å². The van der Waals surface area contributed by atoms with Gasteiger partial charge in [-0.15, -0.1) is 24.0 Å². The maximum atomic E-state index is 4.78. The summed E-state index contributed by atoms with van der Waals surface area (Å²) in [5.41, 5.74) is 0. The Labute approximate surface area is 173 Å². The average molecular weight is 467 g/mol. The first kappa shape index (κ1) is 24.9. The van der Waals surface area contributed by atoms with Gasteiger partial charge in [0.25, 0.3) is 0 Å². The second-order valence-corrected chi connectivity index (χ2v) is 7.52. The first-order chi connectivity index (χ1) is 11.5. The van der Waals surface area contributed by atoms with Crippen LogP contribution in [0.25, 0.3) is 0 Å². The van der Waals surface area contributed by atoms with Gasteiger partial charge in [0, 0.05) is 52.4 Å².